The van der Waals surface area contributed by atoms with Crippen LogP contribution in [0.15, 0.2) is 48.0 Å². The van der Waals surface area contributed by atoms with Crippen molar-refractivity contribution in [2.75, 3.05) is 4.90 Å². The van der Waals surface area contributed by atoms with Crippen molar-refractivity contribution >= 4 is 34.0 Å². The maximum absolute atomic E-state index is 14.1. The molecule has 1 aromatic carbocycles. The van der Waals surface area contributed by atoms with E-state index in [1.54, 1.807) is 23.7 Å². The third-order valence-corrected chi connectivity index (χ3v) is 4.72. The molecule has 0 saturated heterocycles. The van der Waals surface area contributed by atoms with Crippen molar-refractivity contribution in [2.45, 2.75) is 26.9 Å². The summed E-state index contributed by atoms with van der Waals surface area (Å²) in [7, 11) is 0. The van der Waals surface area contributed by atoms with Crippen molar-refractivity contribution in [3.05, 3.63) is 70.7 Å². The highest BCUT2D eigenvalue weighted by Crippen LogP contribution is 2.30. The lowest BCUT2D eigenvalue weighted by Gasteiger charge is -2.18. The lowest BCUT2D eigenvalue weighted by molar-refractivity contribution is -0.144. The fourth-order valence-corrected chi connectivity index (χ4v) is 3.35. The van der Waals surface area contributed by atoms with Gasteiger partial charge in [-0.25, -0.2) is 9.37 Å². The van der Waals surface area contributed by atoms with Crippen LogP contribution < -0.4 is 4.90 Å². The number of anilines is 2. The Morgan fingerprint density at radius 3 is 2.68 bits per heavy atom. The second kappa shape index (κ2) is 8.71. The van der Waals surface area contributed by atoms with Crippen LogP contribution in [-0.4, -0.2) is 21.8 Å². The van der Waals surface area contributed by atoms with Gasteiger partial charge in [-0.05, 0) is 30.7 Å². The second-order valence-electron chi connectivity index (χ2n) is 6.07. The Kier molecular flexibility index (Phi) is 6.10. The standard InChI is InChI=1S/C20H18FN3O3S/c1-13-7-8-15(10-22-13)9-19(26)27-11-16-12-28-20(23-16)24(14(2)25)18-6-4-3-5-17(18)21/h3-8,10,12H,9,11H2,1-2H3. The first-order valence-corrected chi connectivity index (χ1v) is 9.39. The molecule has 28 heavy (non-hydrogen) atoms. The summed E-state index contributed by atoms with van der Waals surface area (Å²) in [6, 6.07) is 9.63. The summed E-state index contributed by atoms with van der Waals surface area (Å²) < 4.78 is 19.3. The van der Waals surface area contributed by atoms with E-state index in [1.807, 2.05) is 19.1 Å². The van der Waals surface area contributed by atoms with Gasteiger partial charge in [0.2, 0.25) is 5.91 Å². The zero-order valence-electron chi connectivity index (χ0n) is 15.4. The molecule has 0 fully saturated rings. The summed E-state index contributed by atoms with van der Waals surface area (Å²) in [5.41, 5.74) is 2.24. The third kappa shape index (κ3) is 4.77. The van der Waals surface area contributed by atoms with Crippen LogP contribution >= 0.6 is 11.3 Å². The number of amides is 1. The number of ether oxygens (including phenoxy) is 1. The molecule has 0 atom stereocenters. The van der Waals surface area contributed by atoms with E-state index < -0.39 is 11.8 Å². The summed E-state index contributed by atoms with van der Waals surface area (Å²) >= 11 is 1.17. The molecule has 0 unspecified atom stereocenters. The fraction of sp³-hybridized carbons (Fsp3) is 0.200. The van der Waals surface area contributed by atoms with Crippen molar-refractivity contribution in [3.63, 3.8) is 0 Å². The molecule has 8 heteroatoms. The topological polar surface area (TPSA) is 72.4 Å². The molecule has 0 radical (unpaired) electrons. The number of aryl methyl sites for hydroxylation is 1. The summed E-state index contributed by atoms with van der Waals surface area (Å²) in [6.45, 7) is 3.17. The lowest BCUT2D eigenvalue weighted by Crippen LogP contribution is -2.23. The molecule has 0 aliphatic rings. The summed E-state index contributed by atoms with van der Waals surface area (Å²) in [4.78, 5) is 33.7. The van der Waals surface area contributed by atoms with Gasteiger partial charge in [0.1, 0.15) is 12.4 Å². The smallest absolute Gasteiger partial charge is 0.310 e. The number of carbonyl (C=O) groups is 2. The van der Waals surface area contributed by atoms with E-state index in [9.17, 15) is 14.0 Å². The van der Waals surface area contributed by atoms with E-state index in [2.05, 4.69) is 9.97 Å². The Hall–Kier alpha value is -3.13. The van der Waals surface area contributed by atoms with Gasteiger partial charge in [0.25, 0.3) is 0 Å². The fourth-order valence-electron chi connectivity index (χ4n) is 2.48. The monoisotopic (exact) mass is 399 g/mol. The molecule has 3 rings (SSSR count). The number of benzene rings is 1. The predicted octanol–water partition coefficient (Wildman–Crippen LogP) is 3.96. The van der Waals surface area contributed by atoms with Crippen LogP contribution in [0.4, 0.5) is 15.2 Å². The van der Waals surface area contributed by atoms with Crippen molar-refractivity contribution in [1.29, 1.82) is 0 Å². The molecule has 2 heterocycles. The molecule has 3 aromatic rings. The van der Waals surface area contributed by atoms with Crippen molar-refractivity contribution < 1.29 is 18.7 Å². The van der Waals surface area contributed by atoms with Crippen LogP contribution in [0.3, 0.4) is 0 Å². The molecule has 0 spiro atoms. The molecule has 0 aliphatic heterocycles. The first kappa shape index (κ1) is 19.6. The minimum atomic E-state index is -0.521. The molecule has 0 N–H and O–H groups in total. The van der Waals surface area contributed by atoms with Gasteiger partial charge in [-0.15, -0.1) is 11.3 Å². The molecule has 2 aromatic heterocycles. The average Bonchev–Trinajstić information content (AvgIpc) is 3.12. The maximum atomic E-state index is 14.1. The van der Waals surface area contributed by atoms with Crippen LogP contribution in [0.2, 0.25) is 0 Å². The van der Waals surface area contributed by atoms with E-state index in [1.165, 1.54) is 35.3 Å². The van der Waals surface area contributed by atoms with Crippen LogP contribution in [0.5, 0.6) is 0 Å². The highest BCUT2D eigenvalue weighted by Gasteiger charge is 2.21. The van der Waals surface area contributed by atoms with Crippen LogP contribution in [0.25, 0.3) is 0 Å². The van der Waals surface area contributed by atoms with Gasteiger partial charge in [0.15, 0.2) is 5.13 Å². The zero-order chi connectivity index (χ0) is 20.1. The molecule has 6 nitrogen and oxygen atoms in total. The number of aromatic nitrogens is 2. The SMILES string of the molecule is CC(=O)N(c1nc(COC(=O)Cc2ccc(C)nc2)cs1)c1ccccc1F. The van der Waals surface area contributed by atoms with Gasteiger partial charge < -0.3 is 4.74 Å². The molecule has 0 aliphatic carbocycles. The summed E-state index contributed by atoms with van der Waals surface area (Å²) in [6.07, 6.45) is 1.75. The van der Waals surface area contributed by atoms with E-state index in [4.69, 9.17) is 4.74 Å². The minimum absolute atomic E-state index is 0.0301. The Morgan fingerprint density at radius 1 is 1.21 bits per heavy atom. The number of nitrogens with zero attached hydrogens (tertiary/aromatic N) is 3. The highest BCUT2D eigenvalue weighted by molar-refractivity contribution is 7.14. The number of halogens is 1. The zero-order valence-corrected chi connectivity index (χ0v) is 16.2. The molecule has 0 bridgehead atoms. The average molecular weight is 399 g/mol. The number of thiazole rings is 1. The molecule has 144 valence electrons. The van der Waals surface area contributed by atoms with Crippen LogP contribution in [0, 0.1) is 12.7 Å². The summed E-state index contributed by atoms with van der Waals surface area (Å²) in [5.74, 6) is -1.29. The maximum Gasteiger partial charge on any atom is 0.310 e. The number of para-hydroxylation sites is 1. The van der Waals surface area contributed by atoms with E-state index in [-0.39, 0.29) is 24.6 Å². The first-order valence-electron chi connectivity index (χ1n) is 8.51. The largest absolute Gasteiger partial charge is 0.459 e. The predicted molar refractivity (Wildman–Crippen MR) is 104 cm³/mol. The second-order valence-corrected chi connectivity index (χ2v) is 6.91. The highest BCUT2D eigenvalue weighted by atomic mass is 32.1. The number of hydrogen-bond acceptors (Lipinski definition) is 6. The van der Waals surface area contributed by atoms with Gasteiger partial charge in [0.05, 0.1) is 17.8 Å². The lowest BCUT2D eigenvalue weighted by atomic mass is 10.2. The van der Waals surface area contributed by atoms with Gasteiger partial charge in [-0.2, -0.15) is 0 Å². The van der Waals surface area contributed by atoms with Crippen molar-refractivity contribution in [1.82, 2.24) is 9.97 Å². The molecular formula is C20H18FN3O3S. The van der Waals surface area contributed by atoms with E-state index in [0.29, 0.717) is 10.8 Å². The normalized spacial score (nSPS) is 10.5. The minimum Gasteiger partial charge on any atom is -0.459 e. The Bertz CT molecular complexity index is 988. The van der Waals surface area contributed by atoms with Gasteiger partial charge >= 0.3 is 5.97 Å². The quantitative estimate of drug-likeness (QED) is 0.587. The number of carbonyl (C=O) groups excluding carboxylic acids is 2. The Balaban J connectivity index is 1.66. The van der Waals surface area contributed by atoms with Crippen molar-refractivity contribution in [2.24, 2.45) is 0 Å². The molecule has 0 saturated carbocycles. The molecule has 1 amide bonds. The summed E-state index contributed by atoms with van der Waals surface area (Å²) in [5, 5.41) is 1.98. The van der Waals surface area contributed by atoms with Gasteiger partial charge in [-0.1, -0.05) is 18.2 Å². The van der Waals surface area contributed by atoms with Crippen LogP contribution in [-0.2, 0) is 27.4 Å². The van der Waals surface area contributed by atoms with Crippen molar-refractivity contribution in [3.8, 4) is 0 Å². The Morgan fingerprint density at radius 2 is 2.00 bits per heavy atom. The number of rotatable bonds is 6. The Labute approximate surface area is 165 Å². The third-order valence-electron chi connectivity index (χ3n) is 3.84. The number of esters is 1. The van der Waals surface area contributed by atoms with E-state index in [0.717, 1.165) is 11.3 Å². The van der Waals surface area contributed by atoms with E-state index >= 15 is 0 Å². The number of pyridine rings is 1. The molecular weight excluding hydrogens is 381 g/mol. The van der Waals surface area contributed by atoms with Gasteiger partial charge in [-0.3, -0.25) is 19.5 Å². The first-order chi connectivity index (χ1) is 13.4. The number of hydrogen-bond donors (Lipinski definition) is 0. The van der Waals surface area contributed by atoms with Gasteiger partial charge in [0, 0.05) is 24.2 Å². The van der Waals surface area contributed by atoms with Crippen LogP contribution in [0.1, 0.15) is 23.9 Å².